The van der Waals surface area contributed by atoms with Crippen molar-refractivity contribution in [1.82, 2.24) is 4.98 Å². The minimum absolute atomic E-state index is 0.337. The lowest BCUT2D eigenvalue weighted by atomic mass is 10.1. The fraction of sp³-hybridized carbons (Fsp3) is 0.538. The van der Waals surface area contributed by atoms with E-state index in [-0.39, 0.29) is 0 Å². The van der Waals surface area contributed by atoms with E-state index in [1.807, 2.05) is 6.07 Å². The minimum atomic E-state index is 0.337. The summed E-state index contributed by atoms with van der Waals surface area (Å²) in [6.07, 6.45) is 6.40. The summed E-state index contributed by atoms with van der Waals surface area (Å²) >= 11 is 6.05. The molecule has 2 heterocycles. The third-order valence-corrected chi connectivity index (χ3v) is 3.43. The molecule has 4 nitrogen and oxygen atoms in total. The highest BCUT2D eigenvalue weighted by molar-refractivity contribution is 6.34. The van der Waals surface area contributed by atoms with Gasteiger partial charge in [-0.25, -0.2) is 4.98 Å². The molecule has 0 radical (unpaired) electrons. The van der Waals surface area contributed by atoms with Gasteiger partial charge in [0.05, 0.1) is 11.7 Å². The summed E-state index contributed by atoms with van der Waals surface area (Å²) in [4.78, 5) is 4.13. The van der Waals surface area contributed by atoms with Crippen LogP contribution in [0, 0.1) is 11.3 Å². The summed E-state index contributed by atoms with van der Waals surface area (Å²) in [5, 5.41) is 12.4. The number of nitrogens with one attached hydrogen (secondary N) is 1. The average molecular weight is 266 g/mol. The Hall–Kier alpha value is -1.31. The van der Waals surface area contributed by atoms with Crippen LogP contribution in [-0.2, 0) is 4.74 Å². The van der Waals surface area contributed by atoms with Crippen molar-refractivity contribution in [3.05, 3.63) is 22.8 Å². The van der Waals surface area contributed by atoms with Crippen LogP contribution >= 0.6 is 11.6 Å². The van der Waals surface area contributed by atoms with Crippen LogP contribution in [0.3, 0.4) is 0 Å². The maximum atomic E-state index is 8.86. The lowest BCUT2D eigenvalue weighted by Crippen LogP contribution is -2.22. The number of aromatic nitrogens is 1. The maximum Gasteiger partial charge on any atom is 0.146 e. The fourth-order valence-corrected chi connectivity index (χ4v) is 2.26. The Kier molecular flexibility index (Phi) is 4.80. The Morgan fingerprint density at radius 1 is 1.56 bits per heavy atom. The van der Waals surface area contributed by atoms with Crippen molar-refractivity contribution in [2.75, 3.05) is 18.5 Å². The summed E-state index contributed by atoms with van der Waals surface area (Å²) in [5.41, 5.74) is 0.447. The largest absolute Gasteiger partial charge is 0.378 e. The van der Waals surface area contributed by atoms with E-state index in [1.165, 1.54) is 12.8 Å². The Morgan fingerprint density at radius 3 is 3.17 bits per heavy atom. The SMILES string of the molecule is N#Cc1ccnc(NCCC2CCCCO2)c1Cl. The molecule has 96 valence electrons. The van der Waals surface area contributed by atoms with Crippen LogP contribution in [0.1, 0.15) is 31.2 Å². The first-order valence-corrected chi connectivity index (χ1v) is 6.59. The Balaban J connectivity index is 1.84. The predicted octanol–water partition coefficient (Wildman–Crippen LogP) is 2.98. The highest BCUT2D eigenvalue weighted by atomic mass is 35.5. The minimum Gasteiger partial charge on any atom is -0.378 e. The lowest BCUT2D eigenvalue weighted by Gasteiger charge is -2.22. The number of rotatable bonds is 4. The monoisotopic (exact) mass is 265 g/mol. The summed E-state index contributed by atoms with van der Waals surface area (Å²) in [6, 6.07) is 3.65. The number of pyridine rings is 1. The molecule has 5 heteroatoms. The van der Waals surface area contributed by atoms with Crippen LogP contribution < -0.4 is 5.32 Å². The van der Waals surface area contributed by atoms with E-state index in [0.29, 0.717) is 22.5 Å². The maximum absolute atomic E-state index is 8.86. The van der Waals surface area contributed by atoms with Gasteiger partial charge in [0, 0.05) is 19.3 Å². The third-order valence-electron chi connectivity index (χ3n) is 3.04. The highest BCUT2D eigenvalue weighted by Gasteiger charge is 2.13. The zero-order chi connectivity index (χ0) is 12.8. The molecule has 1 aliphatic rings. The van der Waals surface area contributed by atoms with E-state index >= 15 is 0 Å². The molecule has 18 heavy (non-hydrogen) atoms. The predicted molar refractivity (Wildman–Crippen MR) is 70.7 cm³/mol. The van der Waals surface area contributed by atoms with Gasteiger partial charge in [-0.1, -0.05) is 11.6 Å². The zero-order valence-corrected chi connectivity index (χ0v) is 10.9. The van der Waals surface area contributed by atoms with Gasteiger partial charge in [-0.15, -0.1) is 0 Å². The highest BCUT2D eigenvalue weighted by Crippen LogP contribution is 2.23. The van der Waals surface area contributed by atoms with Gasteiger partial charge in [0.15, 0.2) is 0 Å². The molecule has 0 aromatic carbocycles. The van der Waals surface area contributed by atoms with Gasteiger partial charge in [-0.2, -0.15) is 5.26 Å². The van der Waals surface area contributed by atoms with E-state index in [2.05, 4.69) is 10.3 Å². The Morgan fingerprint density at radius 2 is 2.44 bits per heavy atom. The molecule has 0 amide bonds. The smallest absolute Gasteiger partial charge is 0.146 e. The first-order chi connectivity index (χ1) is 8.81. The van der Waals surface area contributed by atoms with E-state index in [1.54, 1.807) is 12.3 Å². The number of nitrogens with zero attached hydrogens (tertiary/aromatic N) is 2. The molecule has 1 atom stereocenters. The summed E-state index contributed by atoms with van der Waals surface area (Å²) < 4.78 is 5.65. The van der Waals surface area contributed by atoms with Gasteiger partial charge in [0.2, 0.25) is 0 Å². The molecule has 0 aliphatic carbocycles. The number of anilines is 1. The molecule has 0 bridgehead atoms. The standard InChI is InChI=1S/C13H16ClN3O/c14-12-10(9-15)4-6-16-13(12)17-7-5-11-3-1-2-8-18-11/h4,6,11H,1-3,5,7-8H2,(H,16,17). The summed E-state index contributed by atoms with van der Waals surface area (Å²) in [5.74, 6) is 0.575. The molecule has 2 rings (SSSR count). The number of nitriles is 1. The molecular formula is C13H16ClN3O. The van der Waals surface area contributed by atoms with Gasteiger partial charge in [-0.3, -0.25) is 0 Å². The molecule has 1 saturated heterocycles. The van der Waals surface area contributed by atoms with E-state index in [0.717, 1.165) is 26.0 Å². The zero-order valence-electron chi connectivity index (χ0n) is 10.2. The summed E-state index contributed by atoms with van der Waals surface area (Å²) in [7, 11) is 0. The van der Waals surface area contributed by atoms with Crippen LogP contribution in [-0.4, -0.2) is 24.2 Å². The Bertz CT molecular complexity index is 438. The van der Waals surface area contributed by atoms with E-state index in [4.69, 9.17) is 21.6 Å². The molecule has 1 aliphatic heterocycles. The van der Waals surface area contributed by atoms with Crippen molar-refractivity contribution in [1.29, 1.82) is 5.26 Å². The van der Waals surface area contributed by atoms with Crippen molar-refractivity contribution in [3.63, 3.8) is 0 Å². The van der Waals surface area contributed by atoms with E-state index in [9.17, 15) is 0 Å². The second-order valence-corrected chi connectivity index (χ2v) is 4.71. The van der Waals surface area contributed by atoms with Gasteiger partial charge >= 0.3 is 0 Å². The van der Waals surface area contributed by atoms with Crippen LogP contribution in [0.5, 0.6) is 0 Å². The van der Waals surface area contributed by atoms with Crippen molar-refractivity contribution in [2.24, 2.45) is 0 Å². The second kappa shape index (κ2) is 6.58. The first-order valence-electron chi connectivity index (χ1n) is 6.21. The van der Waals surface area contributed by atoms with Crippen LogP contribution in [0.2, 0.25) is 5.02 Å². The van der Waals surface area contributed by atoms with Gasteiger partial charge in [0.25, 0.3) is 0 Å². The molecule has 1 aromatic rings. The molecule has 1 N–H and O–H groups in total. The number of ether oxygens (including phenoxy) is 1. The third kappa shape index (κ3) is 3.34. The van der Waals surface area contributed by atoms with E-state index < -0.39 is 0 Å². The lowest BCUT2D eigenvalue weighted by molar-refractivity contribution is 0.0134. The first kappa shape index (κ1) is 13.1. The van der Waals surface area contributed by atoms with Crippen molar-refractivity contribution in [2.45, 2.75) is 31.8 Å². The Labute approximate surface area is 112 Å². The second-order valence-electron chi connectivity index (χ2n) is 4.34. The molecule has 1 fully saturated rings. The molecule has 0 saturated carbocycles. The number of hydrogen-bond donors (Lipinski definition) is 1. The van der Waals surface area contributed by atoms with Gasteiger partial charge < -0.3 is 10.1 Å². The number of hydrogen-bond acceptors (Lipinski definition) is 4. The quantitative estimate of drug-likeness (QED) is 0.909. The topological polar surface area (TPSA) is 57.9 Å². The van der Waals surface area contributed by atoms with Crippen molar-refractivity contribution in [3.8, 4) is 6.07 Å². The molecule has 1 aromatic heterocycles. The normalized spacial score (nSPS) is 19.2. The fourth-order valence-electron chi connectivity index (χ4n) is 2.04. The molecule has 1 unspecified atom stereocenters. The van der Waals surface area contributed by atoms with Crippen LogP contribution in [0.4, 0.5) is 5.82 Å². The average Bonchev–Trinajstić information content (AvgIpc) is 2.42. The summed E-state index contributed by atoms with van der Waals surface area (Å²) in [6.45, 7) is 1.62. The molecular weight excluding hydrogens is 250 g/mol. The molecule has 0 spiro atoms. The van der Waals surface area contributed by atoms with Gasteiger partial charge in [-0.05, 0) is 31.7 Å². The van der Waals surface area contributed by atoms with Crippen molar-refractivity contribution < 1.29 is 4.74 Å². The van der Waals surface area contributed by atoms with Crippen LogP contribution in [0.25, 0.3) is 0 Å². The van der Waals surface area contributed by atoms with Crippen molar-refractivity contribution >= 4 is 17.4 Å². The van der Waals surface area contributed by atoms with Crippen LogP contribution in [0.15, 0.2) is 12.3 Å². The van der Waals surface area contributed by atoms with Gasteiger partial charge in [0.1, 0.15) is 16.9 Å². The number of halogens is 1.